The van der Waals surface area contributed by atoms with Crippen LogP contribution in [0.3, 0.4) is 0 Å². The average molecular weight is 959 g/mol. The van der Waals surface area contributed by atoms with Crippen LogP contribution in [0.2, 0.25) is 0 Å². The van der Waals surface area contributed by atoms with E-state index in [4.69, 9.17) is 33.2 Å². The molecule has 0 aromatic carbocycles. The molecule has 384 valence electrons. The molecule has 19 nitrogen and oxygen atoms in total. The van der Waals surface area contributed by atoms with Gasteiger partial charge in [-0.25, -0.2) is 0 Å². The summed E-state index contributed by atoms with van der Waals surface area (Å²) in [5, 5.41) is 131. The third kappa shape index (κ3) is 7.14. The molecule has 27 unspecified atom stereocenters. The monoisotopic (exact) mass is 959 g/mol. The molecule has 0 aromatic rings. The van der Waals surface area contributed by atoms with Crippen LogP contribution in [0.15, 0.2) is 12.2 Å². The molecule has 27 atom stereocenters. The van der Waals surface area contributed by atoms with Gasteiger partial charge >= 0.3 is 0 Å². The van der Waals surface area contributed by atoms with Crippen LogP contribution in [0.4, 0.5) is 0 Å². The Hall–Kier alpha value is -1.02. The predicted molar refractivity (Wildman–Crippen MR) is 231 cm³/mol. The fourth-order valence-corrected chi connectivity index (χ4v) is 15.8. The SMILES string of the molecule is CC1OC(OC2CCC3(C)C(CCC4(C)C3C=CC35OCC6(CC(O)C(C)(C)CC63)C(O)CC45C)C2(C)CO)C(OC2OC(CO)C(O)C(O)C2O)C(OC2OC(CO)C(O)C(O)C2O)C1O. The lowest BCUT2D eigenvalue weighted by Crippen LogP contribution is -2.73. The lowest BCUT2D eigenvalue weighted by molar-refractivity contribution is -0.398. The van der Waals surface area contributed by atoms with E-state index in [1.54, 1.807) is 6.92 Å². The molecular formula is C48H78O19. The van der Waals surface area contributed by atoms with Gasteiger partial charge in [0.15, 0.2) is 18.9 Å². The first-order valence-electron chi connectivity index (χ1n) is 24.6. The maximum absolute atomic E-state index is 12.3. The van der Waals surface area contributed by atoms with E-state index in [-0.39, 0.29) is 40.6 Å². The van der Waals surface area contributed by atoms with Gasteiger partial charge in [0.05, 0.1) is 56.4 Å². The number of aliphatic hydroxyl groups excluding tert-OH is 12. The van der Waals surface area contributed by atoms with Crippen LogP contribution >= 0.6 is 0 Å². The van der Waals surface area contributed by atoms with Gasteiger partial charge in [-0.1, -0.05) is 53.7 Å². The highest BCUT2D eigenvalue weighted by atomic mass is 16.8. The van der Waals surface area contributed by atoms with Gasteiger partial charge in [0.2, 0.25) is 0 Å². The van der Waals surface area contributed by atoms with E-state index < -0.39 is 145 Å². The molecule has 4 saturated heterocycles. The highest BCUT2D eigenvalue weighted by molar-refractivity contribution is 5.36. The van der Waals surface area contributed by atoms with Crippen LogP contribution in [0.25, 0.3) is 0 Å². The molecule has 5 aliphatic carbocycles. The van der Waals surface area contributed by atoms with Gasteiger partial charge in [-0.3, -0.25) is 0 Å². The second-order valence-electron chi connectivity index (χ2n) is 23.8. The van der Waals surface area contributed by atoms with E-state index in [1.165, 1.54) is 0 Å². The maximum Gasteiger partial charge on any atom is 0.187 e. The van der Waals surface area contributed by atoms with Gasteiger partial charge in [-0.15, -0.1) is 0 Å². The maximum atomic E-state index is 12.3. The summed E-state index contributed by atoms with van der Waals surface area (Å²) in [5.41, 5.74) is -3.65. The molecule has 19 heteroatoms. The van der Waals surface area contributed by atoms with Crippen molar-refractivity contribution in [3.8, 4) is 0 Å². The standard InChI is InChI=1S/C48H78O19/c1-21-30(54)37(66-39-35(59)33(57)31(55)22(17-49)63-39)38(67-40-36(60)34(58)32(56)23(18-50)64-40)41(62-21)65-29-10-11-43(4)24(44(29,5)19-51)8-12-45(6)25(43)9-13-48-26-14-42(2,3)27(52)16-47(26,20-61-48)28(53)15-46(45,48)7/h9,13,21-41,49-60H,8,10-12,14-20H2,1-7H3. The van der Waals surface area contributed by atoms with Gasteiger partial charge < -0.3 is 94.4 Å². The average Bonchev–Trinajstić information content (AvgIpc) is 3.55. The molecule has 0 aromatic heterocycles. The zero-order valence-electron chi connectivity index (χ0n) is 39.8. The Bertz CT molecular complexity index is 1840. The Balaban J connectivity index is 1.03. The molecule has 12 N–H and O–H groups in total. The highest BCUT2D eigenvalue weighted by Gasteiger charge is 2.80. The topological polar surface area (TPSA) is 307 Å². The smallest absolute Gasteiger partial charge is 0.187 e. The van der Waals surface area contributed by atoms with Crippen molar-refractivity contribution >= 4 is 0 Å². The third-order valence-electron chi connectivity index (χ3n) is 20.2. The lowest BCUT2D eigenvalue weighted by atomic mass is 9.32. The summed E-state index contributed by atoms with van der Waals surface area (Å²) in [4.78, 5) is 0. The van der Waals surface area contributed by atoms with Crippen LogP contribution in [0, 0.1) is 50.2 Å². The van der Waals surface area contributed by atoms with E-state index in [0.717, 1.165) is 12.8 Å². The summed E-state index contributed by atoms with van der Waals surface area (Å²) in [6.45, 7) is 13.3. The number of hydrogen-bond acceptors (Lipinski definition) is 19. The van der Waals surface area contributed by atoms with Crippen molar-refractivity contribution in [1.82, 2.24) is 0 Å². The molecule has 4 saturated carbocycles. The Morgan fingerprint density at radius 1 is 0.597 bits per heavy atom. The van der Waals surface area contributed by atoms with E-state index in [2.05, 4.69) is 46.8 Å². The van der Waals surface area contributed by atoms with Gasteiger partial charge in [0, 0.05) is 22.2 Å². The van der Waals surface area contributed by atoms with E-state index in [1.807, 2.05) is 6.92 Å². The zero-order chi connectivity index (χ0) is 48.8. The Morgan fingerprint density at radius 3 is 1.78 bits per heavy atom. The minimum absolute atomic E-state index is 0.00646. The van der Waals surface area contributed by atoms with Crippen molar-refractivity contribution in [2.45, 2.75) is 209 Å². The summed E-state index contributed by atoms with van der Waals surface area (Å²) in [5.74, 6) is -0.101. The molecule has 0 radical (unpaired) electrons. The summed E-state index contributed by atoms with van der Waals surface area (Å²) in [7, 11) is 0. The van der Waals surface area contributed by atoms with Crippen molar-refractivity contribution in [3.63, 3.8) is 0 Å². The molecule has 0 amide bonds. The van der Waals surface area contributed by atoms with Crippen molar-refractivity contribution < 1.29 is 94.4 Å². The molecule has 67 heavy (non-hydrogen) atoms. The first-order chi connectivity index (χ1) is 31.3. The van der Waals surface area contributed by atoms with Crippen LogP contribution in [0.5, 0.6) is 0 Å². The number of fused-ring (bicyclic) bond motifs is 4. The molecule has 4 aliphatic heterocycles. The molecule has 9 aliphatic rings. The third-order valence-corrected chi connectivity index (χ3v) is 20.2. The highest BCUT2D eigenvalue weighted by Crippen LogP contribution is 2.79. The van der Waals surface area contributed by atoms with Crippen LogP contribution in [0.1, 0.15) is 93.4 Å². The number of hydrogen-bond donors (Lipinski definition) is 12. The number of aliphatic hydroxyl groups is 12. The minimum Gasteiger partial charge on any atom is -0.396 e. The van der Waals surface area contributed by atoms with Gasteiger partial charge in [-0.05, 0) is 80.0 Å². The minimum atomic E-state index is -1.89. The number of allylic oxidation sites excluding steroid dienone is 1. The number of ether oxygens (including phenoxy) is 7. The van der Waals surface area contributed by atoms with Crippen molar-refractivity contribution in [2.24, 2.45) is 50.2 Å². The van der Waals surface area contributed by atoms with E-state index in [0.29, 0.717) is 38.7 Å². The molecule has 2 bridgehead atoms. The van der Waals surface area contributed by atoms with Crippen molar-refractivity contribution in [2.75, 3.05) is 26.4 Å². The fraction of sp³-hybridized carbons (Fsp3) is 0.958. The Labute approximate surface area is 391 Å². The van der Waals surface area contributed by atoms with Crippen molar-refractivity contribution in [1.29, 1.82) is 0 Å². The second kappa shape index (κ2) is 17.3. The van der Waals surface area contributed by atoms with Gasteiger partial charge in [0.25, 0.3) is 0 Å². The first kappa shape index (κ1) is 50.9. The van der Waals surface area contributed by atoms with Gasteiger partial charge in [0.1, 0.15) is 67.1 Å². The fourth-order valence-electron chi connectivity index (χ4n) is 15.8. The lowest BCUT2D eigenvalue weighted by Gasteiger charge is -2.73. The van der Waals surface area contributed by atoms with Crippen LogP contribution in [-0.2, 0) is 33.2 Å². The molecule has 1 spiro atoms. The molecular weight excluding hydrogens is 881 g/mol. The molecule has 9 rings (SSSR count). The van der Waals surface area contributed by atoms with E-state index in [9.17, 15) is 61.3 Å². The Kier molecular flexibility index (Phi) is 13.1. The molecule has 8 fully saturated rings. The summed E-state index contributed by atoms with van der Waals surface area (Å²) < 4.78 is 44.3. The first-order valence-corrected chi connectivity index (χ1v) is 24.6. The predicted octanol–water partition coefficient (Wildman–Crippen LogP) is -1.43. The summed E-state index contributed by atoms with van der Waals surface area (Å²) >= 11 is 0. The van der Waals surface area contributed by atoms with Crippen molar-refractivity contribution in [3.05, 3.63) is 12.2 Å². The van der Waals surface area contributed by atoms with E-state index >= 15 is 0 Å². The second-order valence-corrected chi connectivity index (χ2v) is 23.8. The largest absolute Gasteiger partial charge is 0.396 e. The van der Waals surface area contributed by atoms with Crippen LogP contribution < -0.4 is 0 Å². The quantitative estimate of drug-likeness (QED) is 0.0932. The Morgan fingerprint density at radius 2 is 1.19 bits per heavy atom. The van der Waals surface area contributed by atoms with Gasteiger partial charge in [-0.2, -0.15) is 0 Å². The van der Waals surface area contributed by atoms with Crippen LogP contribution in [-0.4, -0.2) is 204 Å². The summed E-state index contributed by atoms with van der Waals surface area (Å²) in [6, 6.07) is 0. The zero-order valence-corrected chi connectivity index (χ0v) is 39.8. The summed E-state index contributed by atoms with van der Waals surface area (Å²) in [6.07, 6.45) is -17.4. The normalized spacial score (nSPS) is 59.2. The number of rotatable bonds is 9. The molecule has 4 heterocycles.